The summed E-state index contributed by atoms with van der Waals surface area (Å²) in [6, 6.07) is 10.5. The number of nitrogens with one attached hydrogen (secondary N) is 1. The minimum Gasteiger partial charge on any atom is -0.349 e. The third-order valence-electron chi connectivity index (χ3n) is 5.75. The molecular weight excluding hydrogens is 400 g/mol. The van der Waals surface area contributed by atoms with Crippen LogP contribution in [0, 0.1) is 12.3 Å². The fourth-order valence-corrected chi connectivity index (χ4v) is 5.02. The summed E-state index contributed by atoms with van der Waals surface area (Å²) in [5.41, 5.74) is 3.05. The molecule has 2 aromatic carbocycles. The van der Waals surface area contributed by atoms with Crippen molar-refractivity contribution in [1.29, 1.82) is 0 Å². The smallest absolute Gasteiger partial charge is 0.251 e. The fourth-order valence-electron chi connectivity index (χ4n) is 3.97. The van der Waals surface area contributed by atoms with Crippen molar-refractivity contribution in [3.8, 4) is 0 Å². The molecule has 1 fully saturated rings. The van der Waals surface area contributed by atoms with Crippen LogP contribution in [0.25, 0.3) is 0 Å². The van der Waals surface area contributed by atoms with Crippen molar-refractivity contribution in [2.75, 3.05) is 10.6 Å². The quantitative estimate of drug-likeness (QED) is 0.789. The first-order valence-electron chi connectivity index (χ1n) is 10.1. The number of rotatable bonds is 5. The van der Waals surface area contributed by atoms with E-state index in [4.69, 9.17) is 0 Å². The Morgan fingerprint density at radius 3 is 2.47 bits per heavy atom. The van der Waals surface area contributed by atoms with Gasteiger partial charge in [0.2, 0.25) is 10.0 Å². The molecule has 2 aliphatic rings. The number of benzene rings is 2. The van der Waals surface area contributed by atoms with E-state index in [2.05, 4.69) is 5.32 Å². The highest BCUT2D eigenvalue weighted by Crippen LogP contribution is 2.40. The lowest BCUT2D eigenvalue weighted by atomic mass is 9.89. The van der Waals surface area contributed by atoms with Gasteiger partial charge in [-0.05, 0) is 67.6 Å². The summed E-state index contributed by atoms with van der Waals surface area (Å²) < 4.78 is 26.9. The molecule has 7 heteroatoms. The van der Waals surface area contributed by atoms with Gasteiger partial charge in [-0.25, -0.2) is 12.7 Å². The number of ketones is 1. The molecule has 4 rings (SSSR count). The number of aryl methyl sites for hydroxylation is 1. The van der Waals surface area contributed by atoms with Crippen LogP contribution in [0.2, 0.25) is 0 Å². The molecule has 0 atom stereocenters. The van der Waals surface area contributed by atoms with Crippen molar-refractivity contribution in [1.82, 2.24) is 5.32 Å². The largest absolute Gasteiger partial charge is 0.349 e. The van der Waals surface area contributed by atoms with Crippen molar-refractivity contribution in [2.24, 2.45) is 5.41 Å². The molecule has 0 heterocycles. The average Bonchev–Trinajstić information content (AvgIpc) is 3.41. The second-order valence-corrected chi connectivity index (χ2v) is 10.8. The number of amides is 1. The molecule has 2 aromatic rings. The van der Waals surface area contributed by atoms with E-state index in [1.54, 1.807) is 36.4 Å². The van der Waals surface area contributed by atoms with Gasteiger partial charge in [0.15, 0.2) is 5.78 Å². The standard InChI is InChI=1S/C23H26N2O4S/c1-14-5-6-15(22(27)24-17-7-8-17)12-20(14)25(30(4,28)29)18-9-10-19-16(11-18)13-23(2,3)21(19)26/h5-6,9-12,17H,7-8,13H2,1-4H3,(H,24,27). The highest BCUT2D eigenvalue weighted by atomic mass is 32.2. The maximum atomic E-state index is 12.8. The highest BCUT2D eigenvalue weighted by molar-refractivity contribution is 7.92. The van der Waals surface area contributed by atoms with Crippen LogP contribution in [0.1, 0.15) is 58.5 Å². The lowest BCUT2D eigenvalue weighted by molar-refractivity contribution is 0.0863. The van der Waals surface area contributed by atoms with Crippen LogP contribution in [-0.4, -0.2) is 32.4 Å². The van der Waals surface area contributed by atoms with Crippen molar-refractivity contribution in [3.63, 3.8) is 0 Å². The molecule has 30 heavy (non-hydrogen) atoms. The summed E-state index contributed by atoms with van der Waals surface area (Å²) in [5, 5.41) is 2.94. The van der Waals surface area contributed by atoms with Crippen LogP contribution < -0.4 is 9.62 Å². The van der Waals surface area contributed by atoms with Gasteiger partial charge in [-0.15, -0.1) is 0 Å². The summed E-state index contributed by atoms with van der Waals surface area (Å²) in [4.78, 5) is 25.1. The van der Waals surface area contributed by atoms with Crippen molar-refractivity contribution >= 4 is 33.1 Å². The number of carbonyl (C=O) groups is 2. The van der Waals surface area contributed by atoms with Gasteiger partial charge in [0, 0.05) is 22.6 Å². The molecule has 158 valence electrons. The molecule has 0 spiro atoms. The fraction of sp³-hybridized carbons (Fsp3) is 0.391. The van der Waals surface area contributed by atoms with E-state index in [0.717, 1.165) is 30.2 Å². The van der Waals surface area contributed by atoms with E-state index < -0.39 is 15.4 Å². The molecule has 1 N–H and O–H groups in total. The predicted octanol–water partition coefficient (Wildman–Crippen LogP) is 3.75. The molecule has 0 saturated heterocycles. The molecule has 1 saturated carbocycles. The Hall–Kier alpha value is -2.67. The SMILES string of the molecule is Cc1ccc(C(=O)NC2CC2)cc1N(c1ccc2c(c1)CC(C)(C)C2=O)S(C)(=O)=O. The number of fused-ring (bicyclic) bond motifs is 1. The maximum Gasteiger partial charge on any atom is 0.251 e. The minimum atomic E-state index is -3.69. The summed E-state index contributed by atoms with van der Waals surface area (Å²) in [7, 11) is -3.69. The molecule has 0 aliphatic heterocycles. The van der Waals surface area contributed by atoms with Crippen LogP contribution in [0.4, 0.5) is 11.4 Å². The molecule has 1 amide bonds. The average molecular weight is 427 g/mol. The summed E-state index contributed by atoms with van der Waals surface area (Å²) in [6.07, 6.45) is 3.66. The van der Waals surface area contributed by atoms with E-state index in [-0.39, 0.29) is 17.7 Å². The van der Waals surface area contributed by atoms with Gasteiger partial charge in [-0.3, -0.25) is 9.59 Å². The van der Waals surface area contributed by atoms with Crippen LogP contribution in [0.3, 0.4) is 0 Å². The van der Waals surface area contributed by atoms with Crippen molar-refractivity contribution in [3.05, 3.63) is 58.7 Å². The monoisotopic (exact) mass is 426 g/mol. The zero-order chi connectivity index (χ0) is 21.8. The predicted molar refractivity (Wildman–Crippen MR) is 117 cm³/mol. The first kappa shape index (κ1) is 20.6. The number of hydrogen-bond donors (Lipinski definition) is 1. The molecule has 2 aliphatic carbocycles. The van der Waals surface area contributed by atoms with E-state index in [9.17, 15) is 18.0 Å². The van der Waals surface area contributed by atoms with Gasteiger partial charge in [-0.2, -0.15) is 0 Å². The first-order chi connectivity index (χ1) is 14.0. The lowest BCUT2D eigenvalue weighted by Crippen LogP contribution is -2.28. The maximum absolute atomic E-state index is 12.8. The number of carbonyl (C=O) groups excluding carboxylic acids is 2. The third-order valence-corrected chi connectivity index (χ3v) is 6.82. The summed E-state index contributed by atoms with van der Waals surface area (Å²) in [6.45, 7) is 5.61. The Labute approximate surface area is 177 Å². The van der Waals surface area contributed by atoms with Gasteiger partial charge in [0.1, 0.15) is 0 Å². The number of hydrogen-bond acceptors (Lipinski definition) is 4. The Balaban J connectivity index is 1.79. The molecule has 0 unspecified atom stereocenters. The van der Waals surface area contributed by atoms with Crippen molar-refractivity contribution < 1.29 is 18.0 Å². The Bertz CT molecular complexity index is 1160. The third kappa shape index (κ3) is 3.74. The molecular formula is C23H26N2O4S. The van der Waals surface area contributed by atoms with Gasteiger partial charge >= 0.3 is 0 Å². The highest BCUT2D eigenvalue weighted by Gasteiger charge is 2.38. The number of Topliss-reactive ketones (excluding diaryl/α,β-unsaturated/α-hetero) is 1. The van der Waals surface area contributed by atoms with E-state index >= 15 is 0 Å². The Morgan fingerprint density at radius 2 is 1.83 bits per heavy atom. The Morgan fingerprint density at radius 1 is 1.13 bits per heavy atom. The van der Waals surface area contributed by atoms with E-state index in [1.807, 2.05) is 20.8 Å². The number of anilines is 2. The molecule has 0 bridgehead atoms. The number of sulfonamides is 1. The zero-order valence-electron chi connectivity index (χ0n) is 17.7. The van der Waals surface area contributed by atoms with Gasteiger partial charge in [-0.1, -0.05) is 19.9 Å². The lowest BCUT2D eigenvalue weighted by Gasteiger charge is -2.25. The Kier molecular flexibility index (Phi) is 4.77. The van der Waals surface area contributed by atoms with Crippen LogP contribution in [0.15, 0.2) is 36.4 Å². The molecule has 6 nitrogen and oxygen atoms in total. The second kappa shape index (κ2) is 6.94. The molecule has 0 radical (unpaired) electrons. The second-order valence-electron chi connectivity index (χ2n) is 9.01. The van der Waals surface area contributed by atoms with Crippen LogP contribution in [-0.2, 0) is 16.4 Å². The topological polar surface area (TPSA) is 83.6 Å². The van der Waals surface area contributed by atoms with Crippen molar-refractivity contribution in [2.45, 2.75) is 46.1 Å². The summed E-state index contributed by atoms with van der Waals surface area (Å²) >= 11 is 0. The summed E-state index contributed by atoms with van der Waals surface area (Å²) in [5.74, 6) is -0.126. The first-order valence-corrected chi connectivity index (χ1v) is 11.9. The van der Waals surface area contributed by atoms with Gasteiger partial charge in [0.25, 0.3) is 5.91 Å². The van der Waals surface area contributed by atoms with Crippen LogP contribution in [0.5, 0.6) is 0 Å². The number of nitrogens with zero attached hydrogens (tertiary/aromatic N) is 1. The van der Waals surface area contributed by atoms with Crippen LogP contribution >= 0.6 is 0 Å². The van der Waals surface area contributed by atoms with E-state index in [0.29, 0.717) is 28.9 Å². The van der Waals surface area contributed by atoms with Gasteiger partial charge in [0.05, 0.1) is 17.6 Å². The van der Waals surface area contributed by atoms with Gasteiger partial charge < -0.3 is 5.32 Å². The zero-order valence-corrected chi connectivity index (χ0v) is 18.5. The normalized spacial score (nSPS) is 17.5. The van der Waals surface area contributed by atoms with E-state index in [1.165, 1.54) is 4.31 Å². The minimum absolute atomic E-state index is 0.0740. The molecule has 0 aromatic heterocycles.